The van der Waals surface area contributed by atoms with Gasteiger partial charge in [0.2, 0.25) is 17.7 Å². The highest BCUT2D eigenvalue weighted by molar-refractivity contribution is 9.09. The van der Waals surface area contributed by atoms with Gasteiger partial charge in [0.05, 0.1) is 37.8 Å². The number of nitrogens with zero attached hydrogens (tertiary/aromatic N) is 4. The minimum Gasteiger partial charge on any atom is -0.494 e. The number of amides is 3. The minimum atomic E-state index is -1.15. The Balaban J connectivity index is 1.47. The minimum absolute atomic E-state index is 0.0643. The second-order valence-electron chi connectivity index (χ2n) is 12.7. The van der Waals surface area contributed by atoms with Crippen molar-refractivity contribution in [3.8, 4) is 5.75 Å². The Morgan fingerprint density at radius 2 is 1.81 bits per heavy atom. The number of rotatable bonds is 17. The van der Waals surface area contributed by atoms with E-state index in [4.69, 9.17) is 14.2 Å². The first-order valence-corrected chi connectivity index (χ1v) is 17.8. The number of halogens is 1. The average Bonchev–Trinajstić information content (AvgIpc) is 3.67. The summed E-state index contributed by atoms with van der Waals surface area (Å²) in [6.07, 6.45) is 5.20. The molecule has 0 radical (unpaired) electrons. The summed E-state index contributed by atoms with van der Waals surface area (Å²) in [5.74, 6) is -1.52. The van der Waals surface area contributed by atoms with Gasteiger partial charge >= 0.3 is 0 Å². The quantitative estimate of drug-likeness (QED) is 0.149. The second-order valence-corrected chi connectivity index (χ2v) is 13.8. The van der Waals surface area contributed by atoms with Gasteiger partial charge in [-0.1, -0.05) is 28.1 Å². The van der Waals surface area contributed by atoms with Crippen molar-refractivity contribution in [1.29, 1.82) is 0 Å². The molecule has 258 valence electrons. The largest absolute Gasteiger partial charge is 0.494 e. The first kappa shape index (κ1) is 35.5. The number of benzene rings is 1. The van der Waals surface area contributed by atoms with E-state index in [1.54, 1.807) is 26.9 Å². The summed E-state index contributed by atoms with van der Waals surface area (Å²) < 4.78 is 17.9. The van der Waals surface area contributed by atoms with Gasteiger partial charge in [-0.05, 0) is 56.9 Å². The van der Waals surface area contributed by atoms with Crippen LogP contribution in [0.25, 0.3) is 0 Å². The first-order valence-electron chi connectivity index (χ1n) is 16.9. The number of alkyl halides is 1. The summed E-state index contributed by atoms with van der Waals surface area (Å²) in [6.45, 7) is 15.3. The lowest BCUT2D eigenvalue weighted by atomic mass is 9.70. The maximum Gasteiger partial charge on any atom is 0.248 e. The van der Waals surface area contributed by atoms with Gasteiger partial charge < -0.3 is 34.0 Å². The molecule has 0 saturated carbocycles. The molecule has 4 heterocycles. The smallest absolute Gasteiger partial charge is 0.248 e. The van der Waals surface area contributed by atoms with Gasteiger partial charge in [0.25, 0.3) is 0 Å². The fraction of sp³-hybridized carbons (Fsp3) is 0.629. The Bertz CT molecular complexity index is 1270. The zero-order valence-electron chi connectivity index (χ0n) is 27.4. The van der Waals surface area contributed by atoms with E-state index in [9.17, 15) is 19.5 Å². The van der Waals surface area contributed by atoms with Crippen LogP contribution in [0.2, 0.25) is 0 Å². The van der Waals surface area contributed by atoms with E-state index in [1.165, 1.54) is 0 Å². The number of fused-ring (bicyclic) bond motifs is 1. The molecule has 11 nitrogen and oxygen atoms in total. The van der Waals surface area contributed by atoms with Crippen molar-refractivity contribution in [3.63, 3.8) is 0 Å². The number of morpholine rings is 1. The van der Waals surface area contributed by atoms with E-state index in [-0.39, 0.29) is 35.7 Å². The summed E-state index contributed by atoms with van der Waals surface area (Å²) >= 11 is 3.80. The molecule has 5 rings (SSSR count). The van der Waals surface area contributed by atoms with Gasteiger partial charge in [-0.2, -0.15) is 0 Å². The summed E-state index contributed by atoms with van der Waals surface area (Å²) in [5.41, 5.74) is -0.484. The van der Waals surface area contributed by atoms with Crippen LogP contribution in [0.3, 0.4) is 0 Å². The third kappa shape index (κ3) is 7.17. The number of carbonyl (C=O) groups is 3. The molecule has 1 spiro atoms. The molecule has 4 saturated heterocycles. The highest BCUT2D eigenvalue weighted by atomic mass is 79.9. The van der Waals surface area contributed by atoms with Gasteiger partial charge in [0, 0.05) is 62.9 Å². The molecule has 47 heavy (non-hydrogen) atoms. The molecule has 1 aromatic rings. The molecule has 4 aliphatic heterocycles. The number of hydrogen-bond donors (Lipinski definition) is 1. The molecular weight excluding hydrogens is 668 g/mol. The molecule has 6 atom stereocenters. The maximum absolute atomic E-state index is 14.7. The highest BCUT2D eigenvalue weighted by Gasteiger charge is 2.76. The zero-order chi connectivity index (χ0) is 33.6. The topological polar surface area (TPSA) is 112 Å². The van der Waals surface area contributed by atoms with Crippen LogP contribution < -0.4 is 9.64 Å². The Hall–Kier alpha value is -2.77. The van der Waals surface area contributed by atoms with Gasteiger partial charge in [-0.3, -0.25) is 19.3 Å². The molecule has 3 unspecified atom stereocenters. The van der Waals surface area contributed by atoms with E-state index in [2.05, 4.69) is 34.0 Å². The van der Waals surface area contributed by atoms with E-state index >= 15 is 0 Å². The van der Waals surface area contributed by atoms with Crippen molar-refractivity contribution < 1.29 is 33.7 Å². The second kappa shape index (κ2) is 16.1. The molecule has 1 N–H and O–H groups in total. The third-order valence-corrected chi connectivity index (χ3v) is 10.7. The van der Waals surface area contributed by atoms with E-state index < -0.39 is 29.6 Å². The number of unbranched alkanes of at least 4 members (excludes halogenated alkanes) is 2. The monoisotopic (exact) mass is 716 g/mol. The molecule has 1 aromatic carbocycles. The SMILES string of the molecule is C=CCN(CCN1CCOCC1)C(=O)C1N(CCCCCO)C(=O)[C@@H]2[C@@H](C(=O)N(CC=C)c3ccc(OCC)cc3)[C@@H]3OC12CC3Br. The van der Waals surface area contributed by atoms with Crippen LogP contribution in [0.1, 0.15) is 32.6 Å². The van der Waals surface area contributed by atoms with Crippen molar-refractivity contribution >= 4 is 39.3 Å². The van der Waals surface area contributed by atoms with Crippen molar-refractivity contribution in [2.24, 2.45) is 11.8 Å². The fourth-order valence-electron chi connectivity index (χ4n) is 7.73. The lowest BCUT2D eigenvalue weighted by Crippen LogP contribution is -2.58. The summed E-state index contributed by atoms with van der Waals surface area (Å²) in [5, 5.41) is 9.38. The van der Waals surface area contributed by atoms with Crippen LogP contribution in [0, 0.1) is 11.8 Å². The molecule has 4 aliphatic rings. The summed E-state index contributed by atoms with van der Waals surface area (Å²) in [4.78, 5) is 51.0. The van der Waals surface area contributed by atoms with Crippen LogP contribution in [0.15, 0.2) is 49.6 Å². The van der Waals surface area contributed by atoms with Crippen LogP contribution >= 0.6 is 15.9 Å². The number of likely N-dealkylation sites (tertiary alicyclic amines) is 1. The Morgan fingerprint density at radius 1 is 1.09 bits per heavy atom. The van der Waals surface area contributed by atoms with Crippen molar-refractivity contribution in [2.75, 3.05) is 77.1 Å². The number of carbonyl (C=O) groups excluding carboxylic acids is 3. The lowest BCUT2D eigenvalue weighted by Gasteiger charge is -2.38. The van der Waals surface area contributed by atoms with Crippen molar-refractivity contribution in [2.45, 2.75) is 55.2 Å². The van der Waals surface area contributed by atoms with Crippen molar-refractivity contribution in [1.82, 2.24) is 14.7 Å². The third-order valence-electron chi connectivity index (χ3n) is 9.85. The Kier molecular flexibility index (Phi) is 12.2. The van der Waals surface area contributed by atoms with Crippen LogP contribution in [-0.4, -0.2) is 132 Å². The Labute approximate surface area is 286 Å². The van der Waals surface area contributed by atoms with E-state index in [0.717, 1.165) is 13.1 Å². The Morgan fingerprint density at radius 3 is 2.47 bits per heavy atom. The summed E-state index contributed by atoms with van der Waals surface area (Å²) in [6, 6.07) is 6.44. The highest BCUT2D eigenvalue weighted by Crippen LogP contribution is 2.60. The molecule has 3 amide bonds. The molecular formula is C35H49BrN4O7. The van der Waals surface area contributed by atoms with Gasteiger partial charge in [0.1, 0.15) is 17.4 Å². The predicted octanol–water partition coefficient (Wildman–Crippen LogP) is 2.86. The first-order chi connectivity index (χ1) is 22.8. The molecule has 4 fully saturated rings. The van der Waals surface area contributed by atoms with Gasteiger partial charge in [0.15, 0.2) is 0 Å². The number of anilines is 1. The average molecular weight is 718 g/mol. The predicted molar refractivity (Wildman–Crippen MR) is 183 cm³/mol. The fourth-order valence-corrected chi connectivity index (χ4v) is 8.67. The molecule has 12 heteroatoms. The lowest BCUT2D eigenvalue weighted by molar-refractivity contribution is -0.148. The number of hydrogen-bond acceptors (Lipinski definition) is 8. The van der Waals surface area contributed by atoms with Gasteiger partial charge in [-0.15, -0.1) is 13.2 Å². The number of ether oxygens (including phenoxy) is 3. The van der Waals surface area contributed by atoms with Crippen LogP contribution in [0.4, 0.5) is 5.69 Å². The number of aliphatic hydroxyl groups is 1. The molecule has 0 aromatic heterocycles. The standard InChI is InChI=1S/C35H49BrN4O7/c1-4-14-38(18-17-37-19-22-45-23-20-37)34(44)31-35-24-27(36)30(47-35)28(29(35)33(43)40(31)16-8-7-9-21-41)32(42)39(15-5-2)25-10-12-26(13-11-25)46-6-3/h4-5,10-13,27-31,41H,1-2,6-9,14-24H2,3H3/t27?,28-,29+,30-,31?,35?/m1/s1. The maximum atomic E-state index is 14.7. The van der Waals surface area contributed by atoms with Crippen molar-refractivity contribution in [3.05, 3.63) is 49.6 Å². The molecule has 2 bridgehead atoms. The van der Waals surface area contributed by atoms with Crippen LogP contribution in [0.5, 0.6) is 5.75 Å². The van der Waals surface area contributed by atoms with Gasteiger partial charge in [-0.25, -0.2) is 0 Å². The zero-order valence-corrected chi connectivity index (χ0v) is 29.0. The summed E-state index contributed by atoms with van der Waals surface area (Å²) in [7, 11) is 0. The van der Waals surface area contributed by atoms with E-state index in [0.29, 0.717) is 83.1 Å². The molecule has 0 aliphatic carbocycles. The van der Waals surface area contributed by atoms with Crippen LogP contribution in [-0.2, 0) is 23.9 Å². The van der Waals surface area contributed by atoms with E-state index in [1.807, 2.05) is 31.2 Å². The normalized spacial score (nSPS) is 28.3. The number of aliphatic hydroxyl groups excluding tert-OH is 1.